The SMILES string of the molecule is C/C(=C\CN(C)C(=O)C(NC(=O)C1C(C)CCCN1C)C(C)(C)C)C(=O)O. The van der Waals surface area contributed by atoms with Crippen molar-refractivity contribution < 1.29 is 19.5 Å². The van der Waals surface area contributed by atoms with Crippen molar-refractivity contribution >= 4 is 17.8 Å². The van der Waals surface area contributed by atoms with Crippen molar-refractivity contribution in [2.45, 2.75) is 59.5 Å². The normalized spacial score (nSPS) is 22.9. The first-order valence-corrected chi connectivity index (χ1v) is 9.52. The summed E-state index contributed by atoms with van der Waals surface area (Å²) >= 11 is 0. The Morgan fingerprint density at radius 1 is 1.33 bits per heavy atom. The molecule has 3 unspecified atom stereocenters. The largest absolute Gasteiger partial charge is 0.478 e. The minimum Gasteiger partial charge on any atom is -0.478 e. The maximum atomic E-state index is 13.0. The lowest BCUT2D eigenvalue weighted by Gasteiger charge is -2.39. The van der Waals surface area contributed by atoms with Crippen LogP contribution in [-0.4, -0.2) is 72.0 Å². The second-order valence-electron chi connectivity index (χ2n) is 8.76. The lowest BCUT2D eigenvalue weighted by molar-refractivity contribution is -0.140. The molecular formula is C20H35N3O4. The number of carboxylic acid groups (broad SMARTS) is 1. The second kappa shape index (κ2) is 9.35. The summed E-state index contributed by atoms with van der Waals surface area (Å²) in [4.78, 5) is 40.4. The van der Waals surface area contributed by atoms with Crippen LogP contribution in [0.2, 0.25) is 0 Å². The highest BCUT2D eigenvalue weighted by atomic mass is 16.4. The Morgan fingerprint density at radius 2 is 1.93 bits per heavy atom. The summed E-state index contributed by atoms with van der Waals surface area (Å²) in [5.41, 5.74) is -0.285. The van der Waals surface area contributed by atoms with Gasteiger partial charge in [0.25, 0.3) is 0 Å². The quantitative estimate of drug-likeness (QED) is 0.684. The molecule has 0 bridgehead atoms. The predicted molar refractivity (Wildman–Crippen MR) is 105 cm³/mol. The Balaban J connectivity index is 2.92. The van der Waals surface area contributed by atoms with E-state index in [0.29, 0.717) is 0 Å². The first-order valence-electron chi connectivity index (χ1n) is 9.52. The lowest BCUT2D eigenvalue weighted by Crippen LogP contribution is -2.59. The van der Waals surface area contributed by atoms with E-state index in [2.05, 4.69) is 17.1 Å². The van der Waals surface area contributed by atoms with Crippen LogP contribution in [0.4, 0.5) is 0 Å². The summed E-state index contributed by atoms with van der Waals surface area (Å²) in [6.07, 6.45) is 3.57. The molecule has 1 heterocycles. The number of nitrogens with zero attached hydrogens (tertiary/aromatic N) is 2. The molecular weight excluding hydrogens is 346 g/mol. The molecule has 2 amide bonds. The highest BCUT2D eigenvalue weighted by Crippen LogP contribution is 2.25. The van der Waals surface area contributed by atoms with E-state index in [0.717, 1.165) is 19.4 Å². The number of hydrogen-bond donors (Lipinski definition) is 2. The molecule has 0 aromatic carbocycles. The van der Waals surface area contributed by atoms with E-state index < -0.39 is 17.4 Å². The lowest BCUT2D eigenvalue weighted by atomic mass is 9.84. The number of amides is 2. The van der Waals surface area contributed by atoms with Gasteiger partial charge >= 0.3 is 5.97 Å². The molecule has 0 aliphatic carbocycles. The van der Waals surface area contributed by atoms with Crippen LogP contribution in [0, 0.1) is 11.3 Å². The molecule has 7 heteroatoms. The van der Waals surface area contributed by atoms with Crippen molar-refractivity contribution in [2.24, 2.45) is 11.3 Å². The molecule has 2 N–H and O–H groups in total. The fourth-order valence-electron chi connectivity index (χ4n) is 3.40. The zero-order valence-electron chi connectivity index (χ0n) is 17.7. The van der Waals surface area contributed by atoms with Crippen molar-refractivity contribution in [2.75, 3.05) is 27.2 Å². The van der Waals surface area contributed by atoms with E-state index >= 15 is 0 Å². The van der Waals surface area contributed by atoms with E-state index in [1.165, 1.54) is 17.9 Å². The summed E-state index contributed by atoms with van der Waals surface area (Å²) in [5.74, 6) is -1.12. The second-order valence-corrected chi connectivity index (χ2v) is 8.76. The van der Waals surface area contributed by atoms with Crippen molar-refractivity contribution in [3.05, 3.63) is 11.6 Å². The molecule has 154 valence electrons. The van der Waals surface area contributed by atoms with Gasteiger partial charge in [-0.05, 0) is 44.7 Å². The molecule has 27 heavy (non-hydrogen) atoms. The highest BCUT2D eigenvalue weighted by Gasteiger charge is 2.39. The van der Waals surface area contributed by atoms with Gasteiger partial charge in [-0.25, -0.2) is 4.79 Å². The Kier molecular flexibility index (Phi) is 8.02. The van der Waals surface area contributed by atoms with Crippen LogP contribution in [0.1, 0.15) is 47.5 Å². The number of piperidine rings is 1. The molecule has 0 radical (unpaired) electrons. The van der Waals surface area contributed by atoms with Crippen LogP contribution < -0.4 is 5.32 Å². The van der Waals surface area contributed by atoms with E-state index in [9.17, 15) is 14.4 Å². The molecule has 0 spiro atoms. The third-order valence-electron chi connectivity index (χ3n) is 5.24. The first-order chi connectivity index (χ1) is 12.4. The average molecular weight is 382 g/mol. The third-order valence-corrected chi connectivity index (χ3v) is 5.24. The van der Waals surface area contributed by atoms with Gasteiger partial charge < -0.3 is 15.3 Å². The van der Waals surface area contributed by atoms with Crippen LogP contribution in [0.15, 0.2) is 11.6 Å². The molecule has 1 rings (SSSR count). The molecule has 3 atom stereocenters. The van der Waals surface area contributed by atoms with Gasteiger partial charge in [-0.3, -0.25) is 14.5 Å². The fourth-order valence-corrected chi connectivity index (χ4v) is 3.40. The van der Waals surface area contributed by atoms with E-state index in [-0.39, 0.29) is 35.9 Å². The van der Waals surface area contributed by atoms with Crippen molar-refractivity contribution in [1.82, 2.24) is 15.1 Å². The maximum absolute atomic E-state index is 13.0. The smallest absolute Gasteiger partial charge is 0.331 e. The van der Waals surface area contributed by atoms with Gasteiger partial charge in [0.15, 0.2) is 0 Å². The van der Waals surface area contributed by atoms with Crippen molar-refractivity contribution in [3.63, 3.8) is 0 Å². The van der Waals surface area contributed by atoms with Gasteiger partial charge in [-0.15, -0.1) is 0 Å². The molecule has 7 nitrogen and oxygen atoms in total. The number of aliphatic carboxylic acids is 1. The zero-order chi connectivity index (χ0) is 20.9. The van der Waals surface area contributed by atoms with Gasteiger partial charge in [0.2, 0.25) is 11.8 Å². The maximum Gasteiger partial charge on any atom is 0.331 e. The van der Waals surface area contributed by atoms with Crippen LogP contribution >= 0.6 is 0 Å². The van der Waals surface area contributed by atoms with E-state index in [4.69, 9.17) is 5.11 Å². The summed E-state index contributed by atoms with van der Waals surface area (Å²) in [6, 6.07) is -0.924. The van der Waals surface area contributed by atoms with E-state index in [1.807, 2.05) is 27.8 Å². The van der Waals surface area contributed by atoms with E-state index in [1.54, 1.807) is 7.05 Å². The predicted octanol–water partition coefficient (Wildman–Crippen LogP) is 1.74. The monoisotopic (exact) mass is 381 g/mol. The number of carbonyl (C=O) groups is 3. The molecule has 1 aliphatic heterocycles. The van der Waals surface area contributed by atoms with Gasteiger partial charge in [-0.1, -0.05) is 33.8 Å². The summed E-state index contributed by atoms with van der Waals surface area (Å²) in [6.45, 7) is 10.3. The van der Waals surface area contributed by atoms with Crippen LogP contribution in [-0.2, 0) is 14.4 Å². The molecule has 1 aliphatic rings. The number of carboxylic acids is 1. The molecule has 0 aromatic heterocycles. The number of carbonyl (C=O) groups excluding carboxylic acids is 2. The van der Waals surface area contributed by atoms with Crippen molar-refractivity contribution in [3.8, 4) is 0 Å². The Labute approximate surface area is 162 Å². The van der Waals surface area contributed by atoms with Crippen LogP contribution in [0.3, 0.4) is 0 Å². The Bertz CT molecular complexity index is 585. The summed E-state index contributed by atoms with van der Waals surface area (Å²) < 4.78 is 0. The third kappa shape index (κ3) is 6.34. The minimum atomic E-state index is -1.01. The van der Waals surface area contributed by atoms with Crippen molar-refractivity contribution in [1.29, 1.82) is 0 Å². The molecule has 0 saturated carbocycles. The minimum absolute atomic E-state index is 0.122. The number of likely N-dealkylation sites (N-methyl/N-ethyl adjacent to an activating group) is 2. The standard InChI is InChI=1S/C20H35N3O4/c1-13-9-8-11-22(6)15(13)17(24)21-16(20(3,4)5)18(25)23(7)12-10-14(2)19(26)27/h10,13,15-16H,8-9,11-12H2,1-7H3,(H,21,24)(H,26,27)/b14-10+. The zero-order valence-corrected chi connectivity index (χ0v) is 17.7. The summed E-state index contributed by atoms with van der Waals surface area (Å²) in [7, 11) is 3.56. The van der Waals surface area contributed by atoms with Gasteiger partial charge in [0.05, 0.1) is 6.04 Å². The summed E-state index contributed by atoms with van der Waals surface area (Å²) in [5, 5.41) is 11.9. The number of hydrogen-bond acceptors (Lipinski definition) is 4. The van der Waals surface area contributed by atoms with Crippen LogP contribution in [0.25, 0.3) is 0 Å². The molecule has 0 aromatic rings. The molecule has 1 fully saturated rings. The topological polar surface area (TPSA) is 90.0 Å². The Hall–Kier alpha value is -1.89. The first kappa shape index (κ1) is 23.1. The fraction of sp³-hybridized carbons (Fsp3) is 0.750. The van der Waals surface area contributed by atoms with Crippen LogP contribution in [0.5, 0.6) is 0 Å². The van der Waals surface area contributed by atoms with Gasteiger partial charge in [0.1, 0.15) is 6.04 Å². The van der Waals surface area contributed by atoms with Gasteiger partial charge in [-0.2, -0.15) is 0 Å². The Morgan fingerprint density at radius 3 is 2.41 bits per heavy atom. The van der Waals surface area contributed by atoms with Gasteiger partial charge in [0, 0.05) is 19.2 Å². The highest BCUT2D eigenvalue weighted by molar-refractivity contribution is 5.91. The number of nitrogens with one attached hydrogen (secondary N) is 1. The average Bonchev–Trinajstić information content (AvgIpc) is 2.55. The number of likely N-dealkylation sites (tertiary alicyclic amines) is 1. The molecule has 1 saturated heterocycles. The number of rotatable bonds is 6.